The first-order chi connectivity index (χ1) is 18.1. The van der Waals surface area contributed by atoms with Crippen molar-refractivity contribution in [1.29, 1.82) is 0 Å². The molecule has 9 nitrogen and oxygen atoms in total. The molecule has 200 valence electrons. The molecule has 1 saturated carbocycles. The predicted molar refractivity (Wildman–Crippen MR) is 143 cm³/mol. The minimum atomic E-state index is -3.30. The first kappa shape index (κ1) is 26.0. The molecule has 1 saturated heterocycles. The van der Waals surface area contributed by atoms with Crippen LogP contribution in [0.5, 0.6) is 0 Å². The van der Waals surface area contributed by atoms with Gasteiger partial charge in [0.25, 0.3) is 5.91 Å². The molecule has 5 rings (SSSR count). The highest BCUT2D eigenvalue weighted by molar-refractivity contribution is 7.90. The molecule has 2 amide bonds. The van der Waals surface area contributed by atoms with Crippen LogP contribution in [-0.2, 0) is 19.4 Å². The van der Waals surface area contributed by atoms with Gasteiger partial charge in [-0.25, -0.2) is 8.42 Å². The summed E-state index contributed by atoms with van der Waals surface area (Å²) in [6.45, 7) is 0.620. The molecule has 0 radical (unpaired) electrons. The predicted octanol–water partition coefficient (Wildman–Crippen LogP) is 3.23. The summed E-state index contributed by atoms with van der Waals surface area (Å²) in [6.07, 6.45) is 5.11. The summed E-state index contributed by atoms with van der Waals surface area (Å²) in [5.41, 5.74) is 0.244. The van der Waals surface area contributed by atoms with E-state index >= 15 is 0 Å². The van der Waals surface area contributed by atoms with E-state index in [0.717, 1.165) is 36.6 Å². The van der Waals surface area contributed by atoms with Gasteiger partial charge < -0.3 is 20.0 Å². The molecule has 0 spiro atoms. The van der Waals surface area contributed by atoms with Gasteiger partial charge in [0.1, 0.15) is 11.1 Å². The Kier molecular flexibility index (Phi) is 7.00. The highest BCUT2D eigenvalue weighted by Crippen LogP contribution is 2.30. The summed E-state index contributed by atoms with van der Waals surface area (Å²) in [7, 11) is -3.30. The molecule has 2 heterocycles. The van der Waals surface area contributed by atoms with Gasteiger partial charge in [0.2, 0.25) is 5.91 Å². The lowest BCUT2D eigenvalue weighted by Gasteiger charge is -2.39. The second-order valence-electron chi connectivity index (χ2n) is 10.2. The number of carbonyl (C=O) groups excluding carboxylic acids is 3. The molecule has 1 aliphatic heterocycles. The Morgan fingerprint density at radius 1 is 1.03 bits per heavy atom. The zero-order chi connectivity index (χ0) is 26.9. The number of nitrogens with zero attached hydrogens (tertiary/aromatic N) is 1. The number of para-hydroxylation sites is 1. The van der Waals surface area contributed by atoms with E-state index in [9.17, 15) is 22.8 Å². The third-order valence-electron chi connectivity index (χ3n) is 7.50. The van der Waals surface area contributed by atoms with Gasteiger partial charge in [-0.2, -0.15) is 0 Å². The Hall–Kier alpha value is -3.66. The summed E-state index contributed by atoms with van der Waals surface area (Å²) >= 11 is 0. The van der Waals surface area contributed by atoms with Gasteiger partial charge in [-0.05, 0) is 55.7 Å². The average Bonchev–Trinajstić information content (AvgIpc) is 3.35. The molecule has 1 unspecified atom stereocenters. The monoisotopic (exact) mass is 537 g/mol. The zero-order valence-electron chi connectivity index (χ0n) is 21.2. The van der Waals surface area contributed by atoms with Crippen molar-refractivity contribution in [2.45, 2.75) is 55.0 Å². The van der Waals surface area contributed by atoms with E-state index < -0.39 is 27.3 Å². The maximum Gasteiger partial charge on any atom is 0.287 e. The fraction of sp³-hybridized carbons (Fsp3) is 0.393. The first-order valence-electron chi connectivity index (χ1n) is 12.8. The molecule has 1 aliphatic carbocycles. The van der Waals surface area contributed by atoms with Crippen molar-refractivity contribution in [3.05, 3.63) is 60.4 Å². The number of sulfone groups is 1. The van der Waals surface area contributed by atoms with Crippen molar-refractivity contribution < 1.29 is 27.2 Å². The quantitative estimate of drug-likeness (QED) is 0.494. The number of amides is 2. The molecular weight excluding hydrogens is 506 g/mol. The average molecular weight is 538 g/mol. The highest BCUT2D eigenvalue weighted by atomic mass is 32.2. The minimum absolute atomic E-state index is 0.0987. The molecule has 2 fully saturated rings. The molecular formula is C28H31N3O6S. The van der Waals surface area contributed by atoms with E-state index in [-0.39, 0.29) is 28.9 Å². The lowest BCUT2D eigenvalue weighted by atomic mass is 9.80. The van der Waals surface area contributed by atoms with E-state index in [2.05, 4.69) is 10.6 Å². The summed E-state index contributed by atoms with van der Waals surface area (Å²) in [4.78, 5) is 41.8. The maximum absolute atomic E-state index is 13.6. The summed E-state index contributed by atoms with van der Waals surface area (Å²) in [5.74, 6) is -0.774. The van der Waals surface area contributed by atoms with Gasteiger partial charge in [0.05, 0.1) is 17.5 Å². The van der Waals surface area contributed by atoms with Crippen molar-refractivity contribution in [2.24, 2.45) is 0 Å². The van der Waals surface area contributed by atoms with E-state index in [4.69, 9.17) is 4.42 Å². The van der Waals surface area contributed by atoms with E-state index in [1.54, 1.807) is 24.3 Å². The van der Waals surface area contributed by atoms with Gasteiger partial charge in [-0.1, -0.05) is 37.5 Å². The van der Waals surface area contributed by atoms with Crippen LogP contribution in [0.1, 0.15) is 49.1 Å². The smallest absolute Gasteiger partial charge is 0.287 e. The third-order valence-corrected chi connectivity index (χ3v) is 8.63. The summed E-state index contributed by atoms with van der Waals surface area (Å²) < 4.78 is 29.2. The number of hydrogen-bond acceptors (Lipinski definition) is 7. The second kappa shape index (κ2) is 10.2. The number of ketones is 1. The molecule has 10 heteroatoms. The molecule has 3 aromatic rings. The third kappa shape index (κ3) is 5.31. The van der Waals surface area contributed by atoms with Crippen molar-refractivity contribution in [1.82, 2.24) is 10.6 Å². The standard InChI is InChI=1S/C28H31N3O6S/c1-38(35,36)21-11-9-20(10-12-21)31-16-13-22(23(32)18-31)29-27(34)28(14-5-2-6-15-28)30-26(33)25-17-19-7-3-4-8-24(19)37-25/h3-4,7-12,17,22H,2,5-6,13-16,18H2,1H3,(H,29,34)(H,30,33). The number of fused-ring (bicyclic) bond motifs is 1. The summed E-state index contributed by atoms with van der Waals surface area (Å²) in [6, 6.07) is 14.8. The van der Waals surface area contributed by atoms with Crippen LogP contribution in [0.15, 0.2) is 63.9 Å². The van der Waals surface area contributed by atoms with Gasteiger partial charge in [-0.3, -0.25) is 14.4 Å². The largest absolute Gasteiger partial charge is 0.451 e. The molecule has 2 aromatic carbocycles. The Balaban J connectivity index is 1.26. The van der Waals surface area contributed by atoms with Crippen molar-refractivity contribution in [3.63, 3.8) is 0 Å². The van der Waals surface area contributed by atoms with E-state index in [1.165, 1.54) is 12.1 Å². The summed E-state index contributed by atoms with van der Waals surface area (Å²) in [5, 5.41) is 6.68. The highest BCUT2D eigenvalue weighted by Gasteiger charge is 2.43. The molecule has 1 atom stereocenters. The molecule has 2 N–H and O–H groups in total. The molecule has 0 bridgehead atoms. The van der Waals surface area contributed by atoms with E-state index in [0.29, 0.717) is 31.4 Å². The normalized spacial score (nSPS) is 19.8. The SMILES string of the molecule is CS(=O)(=O)c1ccc(N2CCC(NC(=O)C3(NC(=O)c4cc5ccccc5o4)CCCCC3)C(=O)C2)cc1. The number of nitrogens with one attached hydrogen (secondary N) is 2. The van der Waals surface area contributed by atoms with Crippen molar-refractivity contribution in [2.75, 3.05) is 24.2 Å². The fourth-order valence-corrected chi connectivity index (χ4v) is 5.96. The van der Waals surface area contributed by atoms with Crippen molar-refractivity contribution in [3.8, 4) is 0 Å². The number of Topliss-reactive ketones (excluding diaryl/α,β-unsaturated/α-hetero) is 1. The fourth-order valence-electron chi connectivity index (χ4n) is 5.33. The maximum atomic E-state index is 13.6. The van der Waals surface area contributed by atoms with Gasteiger partial charge in [0, 0.05) is 23.9 Å². The van der Waals surface area contributed by atoms with Crippen LogP contribution < -0.4 is 15.5 Å². The van der Waals surface area contributed by atoms with Gasteiger partial charge >= 0.3 is 0 Å². The van der Waals surface area contributed by atoms with Crippen LogP contribution in [-0.4, -0.2) is 56.9 Å². The number of piperidine rings is 1. The number of furan rings is 1. The molecule has 38 heavy (non-hydrogen) atoms. The van der Waals surface area contributed by atoms with Crippen LogP contribution >= 0.6 is 0 Å². The molecule has 2 aliphatic rings. The zero-order valence-corrected chi connectivity index (χ0v) is 22.1. The van der Waals surface area contributed by atoms with E-state index in [1.807, 2.05) is 23.1 Å². The Bertz CT molecular complexity index is 1440. The first-order valence-corrected chi connectivity index (χ1v) is 14.7. The Morgan fingerprint density at radius 2 is 1.74 bits per heavy atom. The second-order valence-corrected chi connectivity index (χ2v) is 12.2. The van der Waals surface area contributed by atoms with Crippen molar-refractivity contribution >= 4 is 44.1 Å². The van der Waals surface area contributed by atoms with Crippen LogP contribution in [0, 0.1) is 0 Å². The number of carbonyl (C=O) groups is 3. The minimum Gasteiger partial charge on any atom is -0.451 e. The Morgan fingerprint density at radius 3 is 2.39 bits per heavy atom. The molecule has 1 aromatic heterocycles. The number of anilines is 1. The van der Waals surface area contributed by atoms with Crippen LogP contribution in [0.4, 0.5) is 5.69 Å². The number of benzene rings is 2. The van der Waals surface area contributed by atoms with Crippen LogP contribution in [0.3, 0.4) is 0 Å². The lowest BCUT2D eigenvalue weighted by Crippen LogP contribution is -2.63. The van der Waals surface area contributed by atoms with Crippen LogP contribution in [0.2, 0.25) is 0 Å². The topological polar surface area (TPSA) is 126 Å². The number of rotatable bonds is 6. The Labute approximate surface area is 221 Å². The van der Waals surface area contributed by atoms with Crippen LogP contribution in [0.25, 0.3) is 11.0 Å². The van der Waals surface area contributed by atoms with Gasteiger partial charge in [-0.15, -0.1) is 0 Å². The van der Waals surface area contributed by atoms with Gasteiger partial charge in [0.15, 0.2) is 21.4 Å². The number of hydrogen-bond donors (Lipinski definition) is 2. The lowest BCUT2D eigenvalue weighted by molar-refractivity contribution is -0.133.